The molecule has 0 atom stereocenters. The first kappa shape index (κ1) is 18.2. The number of para-hydroxylation sites is 2. The van der Waals surface area contributed by atoms with Crippen molar-refractivity contribution in [3.05, 3.63) is 42.4 Å². The van der Waals surface area contributed by atoms with Crippen LogP contribution in [0.5, 0.6) is 5.75 Å². The highest BCUT2D eigenvalue weighted by Crippen LogP contribution is 2.25. The van der Waals surface area contributed by atoms with E-state index < -0.39 is 0 Å². The summed E-state index contributed by atoms with van der Waals surface area (Å²) >= 11 is 0. The third kappa shape index (κ3) is 4.94. The maximum atomic E-state index is 12.5. The number of carbonyl (C=O) groups is 1. The summed E-state index contributed by atoms with van der Waals surface area (Å²) in [7, 11) is 0. The van der Waals surface area contributed by atoms with Gasteiger partial charge in [0.25, 0.3) is 5.91 Å². The number of anilines is 2. The van der Waals surface area contributed by atoms with Gasteiger partial charge in [0.2, 0.25) is 0 Å². The predicted molar refractivity (Wildman–Crippen MR) is 103 cm³/mol. The van der Waals surface area contributed by atoms with Crippen LogP contribution in [0.4, 0.5) is 11.5 Å². The van der Waals surface area contributed by atoms with Crippen LogP contribution in [0.3, 0.4) is 0 Å². The number of hydrogen-bond acceptors (Lipinski definition) is 5. The van der Waals surface area contributed by atoms with Crippen molar-refractivity contribution in [3.63, 3.8) is 0 Å². The molecule has 1 heterocycles. The molecular formula is C20H26N4O2. The number of nitrogens with zero attached hydrogens (tertiary/aromatic N) is 2. The normalized spacial score (nSPS) is 14.9. The topological polar surface area (TPSA) is 76.1 Å². The van der Waals surface area contributed by atoms with E-state index in [1.165, 1.54) is 25.5 Å². The van der Waals surface area contributed by atoms with Crippen molar-refractivity contribution in [3.8, 4) is 5.75 Å². The van der Waals surface area contributed by atoms with Gasteiger partial charge in [-0.1, -0.05) is 31.4 Å². The first-order chi connectivity index (χ1) is 12.6. The van der Waals surface area contributed by atoms with E-state index in [-0.39, 0.29) is 17.7 Å². The van der Waals surface area contributed by atoms with Gasteiger partial charge >= 0.3 is 0 Å². The van der Waals surface area contributed by atoms with E-state index in [1.54, 1.807) is 6.20 Å². The van der Waals surface area contributed by atoms with Gasteiger partial charge in [0.05, 0.1) is 24.2 Å². The standard InChI is InChI=1S/C20H26N4O2/c1-14(2)26-18-11-7-6-10-16(18)24-20(25)17-12-22-19(13-21-17)23-15-8-4-3-5-9-15/h6-7,10-15H,3-5,8-9H2,1-2H3,(H,22,23)(H,24,25). The molecule has 0 bridgehead atoms. The number of ether oxygens (including phenoxy) is 1. The number of benzene rings is 1. The smallest absolute Gasteiger partial charge is 0.275 e. The Morgan fingerprint density at radius 2 is 1.88 bits per heavy atom. The molecule has 1 aromatic carbocycles. The van der Waals surface area contributed by atoms with Crippen LogP contribution in [0, 0.1) is 0 Å². The van der Waals surface area contributed by atoms with Crippen LogP contribution in [0.25, 0.3) is 0 Å². The van der Waals surface area contributed by atoms with Crippen LogP contribution in [-0.4, -0.2) is 28.0 Å². The summed E-state index contributed by atoms with van der Waals surface area (Å²) < 4.78 is 5.72. The predicted octanol–water partition coefficient (Wildman–Crippen LogP) is 4.26. The number of rotatable bonds is 6. The Bertz CT molecular complexity index is 725. The Balaban J connectivity index is 1.63. The third-order valence-corrected chi connectivity index (χ3v) is 4.34. The minimum atomic E-state index is -0.304. The summed E-state index contributed by atoms with van der Waals surface area (Å²) in [6, 6.07) is 7.82. The number of hydrogen-bond donors (Lipinski definition) is 2. The van der Waals surface area contributed by atoms with E-state index in [0.717, 1.165) is 18.7 Å². The van der Waals surface area contributed by atoms with E-state index >= 15 is 0 Å². The molecule has 1 fully saturated rings. The lowest BCUT2D eigenvalue weighted by Gasteiger charge is -2.23. The molecule has 0 aliphatic heterocycles. The SMILES string of the molecule is CC(C)Oc1ccccc1NC(=O)c1cnc(NC2CCCCC2)cn1. The molecule has 1 amide bonds. The van der Waals surface area contributed by atoms with Crippen molar-refractivity contribution in [1.82, 2.24) is 9.97 Å². The molecular weight excluding hydrogens is 328 g/mol. The lowest BCUT2D eigenvalue weighted by molar-refractivity contribution is 0.102. The minimum Gasteiger partial charge on any atom is -0.489 e. The molecule has 1 aliphatic rings. The van der Waals surface area contributed by atoms with E-state index in [0.29, 0.717) is 17.5 Å². The second-order valence-corrected chi connectivity index (χ2v) is 6.88. The summed E-state index contributed by atoms with van der Waals surface area (Å²) in [4.78, 5) is 21.1. The van der Waals surface area contributed by atoms with E-state index in [9.17, 15) is 4.79 Å². The van der Waals surface area contributed by atoms with E-state index in [2.05, 4.69) is 20.6 Å². The van der Waals surface area contributed by atoms with Crippen molar-refractivity contribution in [1.29, 1.82) is 0 Å². The Labute approximate surface area is 154 Å². The quantitative estimate of drug-likeness (QED) is 0.810. The first-order valence-electron chi connectivity index (χ1n) is 9.27. The molecule has 1 aliphatic carbocycles. The average Bonchev–Trinajstić information content (AvgIpc) is 2.64. The van der Waals surface area contributed by atoms with Gasteiger partial charge in [-0.2, -0.15) is 0 Å². The van der Waals surface area contributed by atoms with Crippen molar-refractivity contribution < 1.29 is 9.53 Å². The summed E-state index contributed by atoms with van der Waals surface area (Å²) in [6.45, 7) is 3.89. The zero-order chi connectivity index (χ0) is 18.4. The lowest BCUT2D eigenvalue weighted by Crippen LogP contribution is -2.23. The van der Waals surface area contributed by atoms with Crippen molar-refractivity contribution in [2.24, 2.45) is 0 Å². The van der Waals surface area contributed by atoms with E-state index in [4.69, 9.17) is 4.74 Å². The molecule has 6 heteroatoms. The highest BCUT2D eigenvalue weighted by Gasteiger charge is 2.15. The van der Waals surface area contributed by atoms with Crippen molar-refractivity contribution in [2.45, 2.75) is 58.1 Å². The van der Waals surface area contributed by atoms with Crippen molar-refractivity contribution >= 4 is 17.4 Å². The monoisotopic (exact) mass is 354 g/mol. The molecule has 1 aromatic heterocycles. The molecule has 6 nitrogen and oxygen atoms in total. The fourth-order valence-corrected chi connectivity index (χ4v) is 3.09. The van der Waals surface area contributed by atoms with Gasteiger partial charge in [0, 0.05) is 6.04 Å². The molecule has 0 radical (unpaired) electrons. The molecule has 138 valence electrons. The van der Waals surface area contributed by atoms with Crippen LogP contribution >= 0.6 is 0 Å². The molecule has 26 heavy (non-hydrogen) atoms. The third-order valence-electron chi connectivity index (χ3n) is 4.34. The maximum Gasteiger partial charge on any atom is 0.275 e. The maximum absolute atomic E-state index is 12.5. The van der Waals surface area contributed by atoms with Crippen LogP contribution in [0.1, 0.15) is 56.4 Å². The fourth-order valence-electron chi connectivity index (χ4n) is 3.09. The number of amides is 1. The van der Waals surface area contributed by atoms with Crippen LogP contribution in [0.2, 0.25) is 0 Å². The molecule has 2 aromatic rings. The summed E-state index contributed by atoms with van der Waals surface area (Å²) in [5.74, 6) is 1.05. The van der Waals surface area contributed by atoms with Gasteiger partial charge in [-0.25, -0.2) is 9.97 Å². The Hall–Kier alpha value is -2.63. The van der Waals surface area contributed by atoms with Gasteiger partial charge < -0.3 is 15.4 Å². The Morgan fingerprint density at radius 3 is 2.58 bits per heavy atom. The fraction of sp³-hybridized carbons (Fsp3) is 0.450. The van der Waals surface area contributed by atoms with Crippen LogP contribution in [-0.2, 0) is 0 Å². The molecule has 0 saturated heterocycles. The van der Waals surface area contributed by atoms with Crippen molar-refractivity contribution in [2.75, 3.05) is 10.6 Å². The van der Waals surface area contributed by atoms with Gasteiger partial charge in [-0.15, -0.1) is 0 Å². The zero-order valence-electron chi connectivity index (χ0n) is 15.4. The van der Waals surface area contributed by atoms with Gasteiger partial charge in [-0.3, -0.25) is 4.79 Å². The first-order valence-corrected chi connectivity index (χ1v) is 9.27. The van der Waals surface area contributed by atoms with Crippen LogP contribution < -0.4 is 15.4 Å². The minimum absolute atomic E-state index is 0.0259. The lowest BCUT2D eigenvalue weighted by atomic mass is 9.96. The average molecular weight is 354 g/mol. The molecule has 2 N–H and O–H groups in total. The number of aromatic nitrogens is 2. The largest absolute Gasteiger partial charge is 0.489 e. The number of nitrogens with one attached hydrogen (secondary N) is 2. The van der Waals surface area contributed by atoms with Gasteiger partial charge in [0.1, 0.15) is 17.3 Å². The van der Waals surface area contributed by atoms with Crippen LogP contribution in [0.15, 0.2) is 36.7 Å². The van der Waals surface area contributed by atoms with Gasteiger partial charge in [-0.05, 0) is 38.8 Å². The summed E-state index contributed by atoms with van der Waals surface area (Å²) in [5.41, 5.74) is 0.899. The number of carbonyl (C=O) groups excluding carboxylic acids is 1. The second-order valence-electron chi connectivity index (χ2n) is 6.88. The highest BCUT2D eigenvalue weighted by atomic mass is 16.5. The summed E-state index contributed by atoms with van der Waals surface area (Å²) in [5, 5.41) is 6.25. The van der Waals surface area contributed by atoms with Gasteiger partial charge in [0.15, 0.2) is 0 Å². The molecule has 3 rings (SSSR count). The molecule has 0 spiro atoms. The summed E-state index contributed by atoms with van der Waals surface area (Å²) in [6.07, 6.45) is 9.30. The molecule has 1 saturated carbocycles. The zero-order valence-corrected chi connectivity index (χ0v) is 15.4. The Kier molecular flexibility index (Phi) is 6.04. The highest BCUT2D eigenvalue weighted by molar-refractivity contribution is 6.03. The Morgan fingerprint density at radius 1 is 1.12 bits per heavy atom. The van der Waals surface area contributed by atoms with E-state index in [1.807, 2.05) is 38.1 Å². The second kappa shape index (κ2) is 8.65. The molecule has 0 unspecified atom stereocenters.